The van der Waals surface area contributed by atoms with Crippen molar-refractivity contribution in [3.8, 4) is 11.5 Å². The van der Waals surface area contributed by atoms with Gasteiger partial charge in [0.1, 0.15) is 11.7 Å². The molecule has 0 amide bonds. The molecule has 40 heavy (non-hydrogen) atoms. The molecule has 5 fully saturated rings. The monoisotopic (exact) mass is 564 g/mol. The molecule has 4 saturated carbocycles. The summed E-state index contributed by atoms with van der Waals surface area (Å²) in [4.78, 5) is 0. The molecule has 2 spiro atoms. The second-order valence-electron chi connectivity index (χ2n) is 14.3. The minimum absolute atomic E-state index is 0.0530. The van der Waals surface area contributed by atoms with Crippen LogP contribution in [0.25, 0.3) is 0 Å². The molecule has 0 aromatic heterocycles. The molecule has 2 aliphatic heterocycles. The van der Waals surface area contributed by atoms with E-state index in [0.717, 1.165) is 47.9 Å². The number of phenols is 1. The number of likely N-dealkylation sites (N-methyl/N-ethyl adjacent to an activating group) is 1. The molecule has 7 aliphatic rings. The summed E-state index contributed by atoms with van der Waals surface area (Å²) in [6.45, 7) is 3.83. The number of aromatic hydroxyl groups is 1. The van der Waals surface area contributed by atoms with E-state index in [1.165, 1.54) is 60.8 Å². The number of ether oxygens (including phenoxy) is 3. The van der Waals surface area contributed by atoms with Crippen LogP contribution in [0, 0.1) is 17.3 Å². The van der Waals surface area contributed by atoms with Crippen LogP contribution >= 0.6 is 11.6 Å². The van der Waals surface area contributed by atoms with E-state index in [-0.39, 0.29) is 22.5 Å². The molecule has 1 N–H and O–H groups in total. The van der Waals surface area contributed by atoms with Gasteiger partial charge in [0.25, 0.3) is 0 Å². The van der Waals surface area contributed by atoms with Crippen LogP contribution in [0.5, 0.6) is 11.5 Å². The number of likely N-dealkylation sites (tertiary alicyclic amines) is 1. The Morgan fingerprint density at radius 3 is 2.83 bits per heavy atom. The lowest BCUT2D eigenvalue weighted by molar-refractivity contribution is -0.942. The molecular formula is C34H43ClNO4+. The highest BCUT2D eigenvalue weighted by Gasteiger charge is 2.81. The van der Waals surface area contributed by atoms with Crippen LogP contribution in [0.2, 0.25) is 5.02 Å². The number of fused-ring (bicyclic) bond motifs is 2. The summed E-state index contributed by atoms with van der Waals surface area (Å²) in [6, 6.07) is 12.6. The van der Waals surface area contributed by atoms with E-state index in [1.807, 2.05) is 31.4 Å². The molecule has 6 heteroatoms. The minimum Gasteiger partial charge on any atom is -0.504 e. The predicted molar refractivity (Wildman–Crippen MR) is 155 cm³/mol. The summed E-state index contributed by atoms with van der Waals surface area (Å²) in [5.41, 5.74) is 3.60. The van der Waals surface area contributed by atoms with Crippen LogP contribution in [0.1, 0.15) is 68.1 Å². The molecule has 5 aliphatic carbocycles. The molecular weight excluding hydrogens is 522 g/mol. The molecule has 0 radical (unpaired) electrons. The summed E-state index contributed by atoms with van der Waals surface area (Å²) in [7, 11) is 4.50. The van der Waals surface area contributed by atoms with Gasteiger partial charge < -0.3 is 23.8 Å². The molecule has 4 bridgehead atoms. The number of halogens is 1. The number of nitrogens with zero attached hydrogens (tertiary/aromatic N) is 1. The highest BCUT2D eigenvalue weighted by atomic mass is 35.5. The lowest BCUT2D eigenvalue weighted by atomic mass is 9.35. The first kappa shape index (κ1) is 25.9. The van der Waals surface area contributed by atoms with Crippen molar-refractivity contribution in [2.24, 2.45) is 17.3 Å². The van der Waals surface area contributed by atoms with Gasteiger partial charge in [-0.3, -0.25) is 0 Å². The number of methoxy groups -OCH3 is 1. The SMILES string of the molecule is COC12CCC3(CC1CCOCc1cccc(Cl)c1)C1Cc4ccc(O)c5c4C3(CCC[N+]1(C)CC1CC1)C2O5. The van der Waals surface area contributed by atoms with Gasteiger partial charge in [-0.1, -0.05) is 29.8 Å². The lowest BCUT2D eigenvalue weighted by Gasteiger charge is -2.71. The summed E-state index contributed by atoms with van der Waals surface area (Å²) < 4.78 is 21.2. The first-order valence-electron chi connectivity index (χ1n) is 15.6. The molecule has 2 heterocycles. The van der Waals surface area contributed by atoms with Gasteiger partial charge in [0.15, 0.2) is 11.5 Å². The molecule has 7 atom stereocenters. The average Bonchev–Trinajstić information content (AvgIpc) is 3.68. The largest absolute Gasteiger partial charge is 0.504 e. The quantitative estimate of drug-likeness (QED) is 0.297. The Labute approximate surface area is 243 Å². The fourth-order valence-electron chi connectivity index (χ4n) is 10.9. The van der Waals surface area contributed by atoms with Crippen molar-refractivity contribution in [1.82, 2.24) is 0 Å². The number of hydrogen-bond donors (Lipinski definition) is 1. The van der Waals surface area contributed by atoms with Gasteiger partial charge in [-0.05, 0) is 86.6 Å². The second kappa shape index (κ2) is 8.86. The van der Waals surface area contributed by atoms with Crippen molar-refractivity contribution < 1.29 is 23.8 Å². The smallest absolute Gasteiger partial charge is 0.165 e. The summed E-state index contributed by atoms with van der Waals surface area (Å²) >= 11 is 6.21. The zero-order chi connectivity index (χ0) is 27.3. The first-order chi connectivity index (χ1) is 19.4. The van der Waals surface area contributed by atoms with Crippen molar-refractivity contribution in [2.45, 2.75) is 87.6 Å². The summed E-state index contributed by atoms with van der Waals surface area (Å²) in [5.74, 6) is 2.33. The lowest BCUT2D eigenvalue weighted by Crippen LogP contribution is -2.79. The van der Waals surface area contributed by atoms with E-state index in [1.54, 1.807) is 0 Å². The molecule has 214 valence electrons. The van der Waals surface area contributed by atoms with E-state index in [4.69, 9.17) is 25.8 Å². The van der Waals surface area contributed by atoms with Gasteiger partial charge in [-0.2, -0.15) is 0 Å². The van der Waals surface area contributed by atoms with Crippen LogP contribution < -0.4 is 4.74 Å². The number of rotatable bonds is 8. The number of benzene rings is 2. The number of quaternary nitrogens is 1. The third-order valence-corrected chi connectivity index (χ3v) is 12.7. The van der Waals surface area contributed by atoms with E-state index in [9.17, 15) is 5.11 Å². The highest BCUT2D eigenvalue weighted by Crippen LogP contribution is 2.77. The normalized spacial score (nSPS) is 40.4. The topological polar surface area (TPSA) is 47.9 Å². The average molecular weight is 565 g/mol. The van der Waals surface area contributed by atoms with Gasteiger partial charge in [-0.25, -0.2) is 0 Å². The van der Waals surface area contributed by atoms with Crippen LogP contribution in [0.4, 0.5) is 0 Å². The van der Waals surface area contributed by atoms with Crippen LogP contribution in [0.15, 0.2) is 36.4 Å². The van der Waals surface area contributed by atoms with Gasteiger partial charge in [-0.15, -0.1) is 0 Å². The maximum absolute atomic E-state index is 11.1. The Morgan fingerprint density at radius 1 is 1.15 bits per heavy atom. The van der Waals surface area contributed by atoms with E-state index >= 15 is 0 Å². The zero-order valence-electron chi connectivity index (χ0n) is 24.0. The summed E-state index contributed by atoms with van der Waals surface area (Å²) in [5, 5.41) is 11.9. The number of phenolic OH excluding ortho intramolecular Hbond substituents is 1. The van der Waals surface area contributed by atoms with Gasteiger partial charge in [0, 0.05) is 42.1 Å². The predicted octanol–water partition coefficient (Wildman–Crippen LogP) is 6.41. The Kier molecular flexibility index (Phi) is 5.73. The first-order valence-corrected chi connectivity index (χ1v) is 16.0. The maximum Gasteiger partial charge on any atom is 0.165 e. The van der Waals surface area contributed by atoms with Crippen LogP contribution in [-0.4, -0.2) is 61.2 Å². The van der Waals surface area contributed by atoms with E-state index < -0.39 is 0 Å². The van der Waals surface area contributed by atoms with Gasteiger partial charge in [0.05, 0.1) is 38.2 Å². The highest BCUT2D eigenvalue weighted by molar-refractivity contribution is 6.30. The fourth-order valence-corrected chi connectivity index (χ4v) is 11.1. The molecule has 2 aromatic rings. The van der Waals surface area contributed by atoms with Crippen molar-refractivity contribution in [2.75, 3.05) is 33.9 Å². The Morgan fingerprint density at radius 2 is 2.02 bits per heavy atom. The zero-order valence-corrected chi connectivity index (χ0v) is 24.7. The van der Waals surface area contributed by atoms with E-state index in [2.05, 4.69) is 19.2 Å². The van der Waals surface area contributed by atoms with Crippen molar-refractivity contribution >= 4 is 11.6 Å². The molecule has 5 nitrogen and oxygen atoms in total. The Hall–Kier alpha value is -1.79. The third-order valence-electron chi connectivity index (χ3n) is 12.5. The van der Waals surface area contributed by atoms with Crippen molar-refractivity contribution in [1.29, 1.82) is 0 Å². The molecule has 1 saturated heterocycles. The second-order valence-corrected chi connectivity index (χ2v) is 14.7. The molecule has 9 rings (SSSR count). The maximum atomic E-state index is 11.1. The molecule has 2 aromatic carbocycles. The third kappa shape index (κ3) is 3.32. The Bertz CT molecular complexity index is 1350. The van der Waals surface area contributed by atoms with Crippen LogP contribution in [0.3, 0.4) is 0 Å². The standard InChI is InChI=1S/C34H42ClNO4/c1-36(20-22-7-8-22)15-4-12-33-29-24-9-10-27(37)30(29)40-31(33)34(38-2)14-13-32(33,28(36)18-24)19-25(34)11-16-39-21-23-5-3-6-26(35)17-23/h3,5-6,9-10,17,22,25,28,31H,4,7-8,11-16,18-21H2,1-2H3/p+1. The van der Waals surface area contributed by atoms with Crippen molar-refractivity contribution in [3.05, 3.63) is 58.1 Å². The Balaban J connectivity index is 1.19. The number of hydrogen-bond acceptors (Lipinski definition) is 4. The molecule has 7 unspecified atom stereocenters. The van der Waals surface area contributed by atoms with Gasteiger partial charge >= 0.3 is 0 Å². The fraction of sp³-hybridized carbons (Fsp3) is 0.647. The minimum atomic E-state index is -0.365. The van der Waals surface area contributed by atoms with Crippen molar-refractivity contribution in [3.63, 3.8) is 0 Å². The summed E-state index contributed by atoms with van der Waals surface area (Å²) in [6.07, 6.45) is 10.5. The van der Waals surface area contributed by atoms with Gasteiger partial charge in [0.2, 0.25) is 0 Å². The van der Waals surface area contributed by atoms with E-state index in [0.29, 0.717) is 30.9 Å². The van der Waals surface area contributed by atoms with Crippen LogP contribution in [-0.2, 0) is 27.9 Å².